The van der Waals surface area contributed by atoms with E-state index in [0.717, 1.165) is 5.56 Å². The Morgan fingerprint density at radius 2 is 1.84 bits per heavy atom. The van der Waals surface area contributed by atoms with Crippen molar-refractivity contribution in [2.75, 3.05) is 36.9 Å². The molecule has 1 amide bonds. The fourth-order valence-corrected chi connectivity index (χ4v) is 3.21. The number of piperazine rings is 1. The molecule has 0 radical (unpaired) electrons. The number of benzene rings is 1. The van der Waals surface area contributed by atoms with Crippen molar-refractivity contribution in [3.8, 4) is 0 Å². The van der Waals surface area contributed by atoms with E-state index in [-0.39, 0.29) is 30.5 Å². The molecule has 8 nitrogen and oxygen atoms in total. The van der Waals surface area contributed by atoms with Gasteiger partial charge >= 0.3 is 0 Å². The third-order valence-electron chi connectivity index (χ3n) is 5.09. The number of Topliss-reactive ketones (excluding diaryl/α,β-unsaturated/α-hetero) is 1. The number of carbonyl (C=O) groups is 2. The number of hydrogen-bond donors (Lipinski definition) is 1. The Morgan fingerprint density at radius 3 is 2.55 bits per heavy atom. The van der Waals surface area contributed by atoms with Crippen LogP contribution < -0.4 is 10.2 Å². The predicted octanol–water partition coefficient (Wildman–Crippen LogP) is 2.46. The van der Waals surface area contributed by atoms with E-state index in [0.29, 0.717) is 36.0 Å². The molecule has 9 heteroatoms. The first-order valence-electron chi connectivity index (χ1n) is 9.79. The second-order valence-electron chi connectivity index (χ2n) is 7.27. The van der Waals surface area contributed by atoms with Gasteiger partial charge < -0.3 is 15.1 Å². The molecule has 31 heavy (non-hydrogen) atoms. The second kappa shape index (κ2) is 8.86. The molecular formula is C22H21FN6O2. The molecule has 3 heterocycles. The second-order valence-corrected chi connectivity index (χ2v) is 7.27. The lowest BCUT2D eigenvalue weighted by Crippen LogP contribution is -2.49. The van der Waals surface area contributed by atoms with Crippen LogP contribution in [0.15, 0.2) is 55.1 Å². The molecule has 1 saturated heterocycles. The van der Waals surface area contributed by atoms with Gasteiger partial charge in [0.1, 0.15) is 5.82 Å². The first-order chi connectivity index (χ1) is 15.0. The van der Waals surface area contributed by atoms with Gasteiger partial charge in [-0.1, -0.05) is 0 Å². The Labute approximate surface area is 178 Å². The van der Waals surface area contributed by atoms with Crippen molar-refractivity contribution in [1.29, 1.82) is 0 Å². The SMILES string of the molecule is CN1CCN(c2ncc(C(=O)Cc3ccncc3Nc3ccc(F)cc3)cn2)CC1=O. The average molecular weight is 420 g/mol. The highest BCUT2D eigenvalue weighted by molar-refractivity contribution is 5.97. The van der Waals surface area contributed by atoms with Gasteiger partial charge in [0.2, 0.25) is 11.9 Å². The number of amides is 1. The van der Waals surface area contributed by atoms with Crippen LogP contribution in [0.1, 0.15) is 15.9 Å². The maximum atomic E-state index is 13.1. The summed E-state index contributed by atoms with van der Waals surface area (Å²) in [6, 6.07) is 7.70. The minimum atomic E-state index is -0.323. The lowest BCUT2D eigenvalue weighted by Gasteiger charge is -2.31. The topological polar surface area (TPSA) is 91.3 Å². The van der Waals surface area contributed by atoms with Gasteiger partial charge in [0.25, 0.3) is 0 Å². The van der Waals surface area contributed by atoms with E-state index in [1.54, 1.807) is 47.4 Å². The first-order valence-corrected chi connectivity index (χ1v) is 9.79. The van der Waals surface area contributed by atoms with Gasteiger partial charge in [0, 0.05) is 50.8 Å². The van der Waals surface area contributed by atoms with Crippen molar-refractivity contribution in [2.24, 2.45) is 0 Å². The van der Waals surface area contributed by atoms with Crippen LogP contribution in [0.3, 0.4) is 0 Å². The fourth-order valence-electron chi connectivity index (χ4n) is 3.21. The maximum absolute atomic E-state index is 13.1. The molecule has 4 rings (SSSR count). The Kier molecular flexibility index (Phi) is 5.83. The van der Waals surface area contributed by atoms with Crippen molar-refractivity contribution in [1.82, 2.24) is 19.9 Å². The maximum Gasteiger partial charge on any atom is 0.242 e. The van der Waals surface area contributed by atoms with Gasteiger partial charge in [0.05, 0.1) is 24.0 Å². The summed E-state index contributed by atoms with van der Waals surface area (Å²) in [7, 11) is 1.76. The van der Waals surface area contributed by atoms with E-state index in [2.05, 4.69) is 20.3 Å². The number of halogens is 1. The number of rotatable bonds is 6. The first kappa shape index (κ1) is 20.4. The zero-order chi connectivity index (χ0) is 21.8. The molecule has 0 bridgehead atoms. The number of likely N-dealkylation sites (N-methyl/N-ethyl adjacent to an activating group) is 1. The average Bonchev–Trinajstić information content (AvgIpc) is 2.78. The predicted molar refractivity (Wildman–Crippen MR) is 114 cm³/mol. The number of pyridine rings is 1. The van der Waals surface area contributed by atoms with Crippen molar-refractivity contribution >= 4 is 29.0 Å². The highest BCUT2D eigenvalue weighted by Crippen LogP contribution is 2.22. The third kappa shape index (κ3) is 4.82. The summed E-state index contributed by atoms with van der Waals surface area (Å²) in [5, 5.41) is 3.16. The van der Waals surface area contributed by atoms with Crippen LogP contribution in [0.25, 0.3) is 0 Å². The van der Waals surface area contributed by atoms with Gasteiger partial charge in [-0.05, 0) is 35.9 Å². The zero-order valence-corrected chi connectivity index (χ0v) is 17.0. The monoisotopic (exact) mass is 420 g/mol. The number of anilines is 3. The van der Waals surface area contributed by atoms with E-state index in [1.807, 2.05) is 0 Å². The van der Waals surface area contributed by atoms with E-state index >= 15 is 0 Å². The van der Waals surface area contributed by atoms with Gasteiger partial charge in [0.15, 0.2) is 5.78 Å². The highest BCUT2D eigenvalue weighted by Gasteiger charge is 2.23. The number of carbonyl (C=O) groups excluding carboxylic acids is 2. The summed E-state index contributed by atoms with van der Waals surface area (Å²) >= 11 is 0. The van der Waals surface area contributed by atoms with Crippen LogP contribution in [0.5, 0.6) is 0 Å². The lowest BCUT2D eigenvalue weighted by atomic mass is 10.0. The van der Waals surface area contributed by atoms with Crippen molar-refractivity contribution in [3.63, 3.8) is 0 Å². The Balaban J connectivity index is 1.45. The molecule has 2 aromatic heterocycles. The minimum Gasteiger partial charge on any atom is -0.354 e. The van der Waals surface area contributed by atoms with Gasteiger partial charge in [-0.3, -0.25) is 14.6 Å². The largest absolute Gasteiger partial charge is 0.354 e. The number of nitrogens with zero attached hydrogens (tertiary/aromatic N) is 5. The number of hydrogen-bond acceptors (Lipinski definition) is 7. The zero-order valence-electron chi connectivity index (χ0n) is 17.0. The molecule has 0 saturated carbocycles. The lowest BCUT2D eigenvalue weighted by molar-refractivity contribution is -0.129. The van der Waals surface area contributed by atoms with E-state index in [4.69, 9.17) is 0 Å². The molecule has 1 aromatic carbocycles. The highest BCUT2D eigenvalue weighted by atomic mass is 19.1. The summed E-state index contributed by atoms with van der Waals surface area (Å²) in [6.45, 7) is 1.47. The quantitative estimate of drug-likeness (QED) is 0.613. The van der Waals surface area contributed by atoms with Crippen LogP contribution in [-0.4, -0.2) is 58.2 Å². The molecule has 1 aliphatic heterocycles. The summed E-state index contributed by atoms with van der Waals surface area (Å²) in [6.07, 6.45) is 6.34. The minimum absolute atomic E-state index is 0.00822. The van der Waals surface area contributed by atoms with Crippen LogP contribution in [0, 0.1) is 5.82 Å². The Morgan fingerprint density at radius 1 is 1.10 bits per heavy atom. The molecule has 3 aromatic rings. The fraction of sp³-hybridized carbons (Fsp3) is 0.227. The molecule has 1 aliphatic rings. The van der Waals surface area contributed by atoms with Crippen LogP contribution in [0.4, 0.5) is 21.7 Å². The smallest absolute Gasteiger partial charge is 0.242 e. The van der Waals surface area contributed by atoms with E-state index < -0.39 is 0 Å². The third-order valence-corrected chi connectivity index (χ3v) is 5.09. The van der Waals surface area contributed by atoms with E-state index in [1.165, 1.54) is 24.5 Å². The van der Waals surface area contributed by atoms with Crippen molar-refractivity contribution in [2.45, 2.75) is 6.42 Å². The summed E-state index contributed by atoms with van der Waals surface area (Å²) < 4.78 is 13.1. The molecular weight excluding hydrogens is 399 g/mol. The molecule has 0 unspecified atom stereocenters. The molecule has 0 aliphatic carbocycles. The van der Waals surface area contributed by atoms with Crippen LogP contribution in [-0.2, 0) is 11.2 Å². The molecule has 0 spiro atoms. The molecule has 1 fully saturated rings. The summed E-state index contributed by atoms with van der Waals surface area (Å²) in [4.78, 5) is 40.8. The van der Waals surface area contributed by atoms with Gasteiger partial charge in [-0.15, -0.1) is 0 Å². The van der Waals surface area contributed by atoms with Crippen molar-refractivity contribution < 1.29 is 14.0 Å². The molecule has 158 valence electrons. The van der Waals surface area contributed by atoms with Crippen LogP contribution in [0.2, 0.25) is 0 Å². The summed E-state index contributed by atoms with van der Waals surface area (Å²) in [5.74, 6) is -0.0275. The van der Waals surface area contributed by atoms with Gasteiger partial charge in [-0.25, -0.2) is 14.4 Å². The van der Waals surface area contributed by atoms with Gasteiger partial charge in [-0.2, -0.15) is 0 Å². The Bertz CT molecular complexity index is 1090. The normalized spacial score (nSPS) is 13.9. The summed E-state index contributed by atoms with van der Waals surface area (Å²) in [5.41, 5.74) is 2.49. The van der Waals surface area contributed by atoms with Crippen molar-refractivity contribution in [3.05, 3.63) is 72.1 Å². The molecule has 0 atom stereocenters. The number of aromatic nitrogens is 3. The number of nitrogens with one attached hydrogen (secondary N) is 1. The number of ketones is 1. The van der Waals surface area contributed by atoms with E-state index in [9.17, 15) is 14.0 Å². The standard InChI is InChI=1S/C22H21FN6O2/c1-28-8-9-29(14-21(28)31)22-25-11-16(12-26-22)20(30)10-15-6-7-24-13-19(15)27-18-4-2-17(23)3-5-18/h2-7,11-13,27H,8-10,14H2,1H3. The Hall–Kier alpha value is -3.88. The van der Waals surface area contributed by atoms with Crippen LogP contribution >= 0.6 is 0 Å². The molecule has 1 N–H and O–H groups in total.